The fourth-order valence-electron chi connectivity index (χ4n) is 1.82. The first-order valence-electron chi connectivity index (χ1n) is 6.60. The van der Waals surface area contributed by atoms with Crippen molar-refractivity contribution in [2.24, 2.45) is 5.92 Å². The van der Waals surface area contributed by atoms with Crippen molar-refractivity contribution in [2.75, 3.05) is 13.2 Å². The summed E-state index contributed by atoms with van der Waals surface area (Å²) in [4.78, 5) is 0. The van der Waals surface area contributed by atoms with Gasteiger partial charge in [-0.3, -0.25) is 0 Å². The Labute approximate surface area is 105 Å². The molecule has 2 nitrogen and oxygen atoms in total. The molecule has 0 heterocycles. The molecule has 2 unspecified atom stereocenters. The summed E-state index contributed by atoms with van der Waals surface area (Å²) in [5.74, 6) is 0.316. The minimum atomic E-state index is 0.245. The molecule has 2 atom stereocenters. The number of hydrogen-bond acceptors (Lipinski definition) is 2. The van der Waals surface area contributed by atoms with Crippen molar-refractivity contribution < 1.29 is 5.11 Å². The largest absolute Gasteiger partial charge is 0.396 e. The maximum Gasteiger partial charge on any atom is 0.0468 e. The van der Waals surface area contributed by atoms with Gasteiger partial charge < -0.3 is 10.4 Å². The van der Waals surface area contributed by atoms with E-state index in [4.69, 9.17) is 5.11 Å². The maximum absolute atomic E-state index is 8.97. The van der Waals surface area contributed by atoms with Gasteiger partial charge in [-0.2, -0.15) is 0 Å². The Morgan fingerprint density at radius 3 is 2.35 bits per heavy atom. The van der Waals surface area contributed by atoms with E-state index in [1.165, 1.54) is 17.5 Å². The molecule has 0 aromatic heterocycles. The van der Waals surface area contributed by atoms with Crippen molar-refractivity contribution in [1.82, 2.24) is 5.32 Å². The minimum absolute atomic E-state index is 0.245. The van der Waals surface area contributed by atoms with Crippen molar-refractivity contribution in [3.05, 3.63) is 35.4 Å². The number of hydrogen-bond donors (Lipinski definition) is 2. The summed E-state index contributed by atoms with van der Waals surface area (Å²) >= 11 is 0. The van der Waals surface area contributed by atoms with Crippen LogP contribution in [-0.4, -0.2) is 18.3 Å². The van der Waals surface area contributed by atoms with Gasteiger partial charge in [-0.15, -0.1) is 0 Å². The second kappa shape index (κ2) is 7.46. The molecular weight excluding hydrogens is 210 g/mol. The monoisotopic (exact) mass is 235 g/mol. The van der Waals surface area contributed by atoms with Crippen LogP contribution in [0.25, 0.3) is 0 Å². The van der Waals surface area contributed by atoms with Gasteiger partial charge in [0.05, 0.1) is 0 Å². The molecule has 0 aliphatic rings. The zero-order chi connectivity index (χ0) is 12.7. The van der Waals surface area contributed by atoms with Gasteiger partial charge in [-0.1, -0.05) is 44.5 Å². The predicted octanol–water partition coefficient (Wildman–Crippen LogP) is 2.92. The third-order valence-electron chi connectivity index (χ3n) is 3.10. The third-order valence-corrected chi connectivity index (χ3v) is 3.10. The van der Waals surface area contributed by atoms with E-state index in [1.54, 1.807) is 0 Å². The summed E-state index contributed by atoms with van der Waals surface area (Å²) in [7, 11) is 0. The third kappa shape index (κ3) is 4.88. The highest BCUT2D eigenvalue weighted by Crippen LogP contribution is 2.14. The van der Waals surface area contributed by atoms with Crippen LogP contribution >= 0.6 is 0 Å². The number of aryl methyl sites for hydroxylation is 1. The van der Waals surface area contributed by atoms with Gasteiger partial charge >= 0.3 is 0 Å². The molecule has 2 heteroatoms. The van der Waals surface area contributed by atoms with Crippen LogP contribution in [0.3, 0.4) is 0 Å². The normalized spacial score (nSPS) is 14.6. The SMILES string of the molecule is CCCc1ccc(C(C)NCC(C)CO)cc1. The van der Waals surface area contributed by atoms with E-state index in [0.29, 0.717) is 12.0 Å². The molecular formula is C15H25NO. The van der Waals surface area contributed by atoms with E-state index in [9.17, 15) is 0 Å². The van der Waals surface area contributed by atoms with Crippen molar-refractivity contribution in [1.29, 1.82) is 0 Å². The maximum atomic E-state index is 8.97. The van der Waals surface area contributed by atoms with Gasteiger partial charge in [-0.25, -0.2) is 0 Å². The molecule has 0 bridgehead atoms. The molecule has 0 radical (unpaired) electrons. The highest BCUT2D eigenvalue weighted by molar-refractivity contribution is 5.24. The van der Waals surface area contributed by atoms with Gasteiger partial charge in [0.2, 0.25) is 0 Å². The minimum Gasteiger partial charge on any atom is -0.396 e. The van der Waals surface area contributed by atoms with Crippen LogP contribution in [-0.2, 0) is 6.42 Å². The summed E-state index contributed by atoms with van der Waals surface area (Å²) < 4.78 is 0. The zero-order valence-electron chi connectivity index (χ0n) is 11.2. The van der Waals surface area contributed by atoms with Crippen molar-refractivity contribution in [3.8, 4) is 0 Å². The first kappa shape index (κ1) is 14.2. The van der Waals surface area contributed by atoms with Crippen LogP contribution < -0.4 is 5.32 Å². The Hall–Kier alpha value is -0.860. The number of aliphatic hydroxyl groups excluding tert-OH is 1. The lowest BCUT2D eigenvalue weighted by atomic mass is 10.0. The molecule has 1 rings (SSSR count). The van der Waals surface area contributed by atoms with E-state index < -0.39 is 0 Å². The molecule has 17 heavy (non-hydrogen) atoms. The number of rotatable bonds is 7. The second-order valence-electron chi connectivity index (χ2n) is 4.91. The predicted molar refractivity (Wildman–Crippen MR) is 73.1 cm³/mol. The molecule has 2 N–H and O–H groups in total. The van der Waals surface area contributed by atoms with E-state index in [0.717, 1.165) is 13.0 Å². The number of benzene rings is 1. The summed E-state index contributed by atoms with van der Waals surface area (Å²) in [6.07, 6.45) is 2.35. The fraction of sp³-hybridized carbons (Fsp3) is 0.600. The summed E-state index contributed by atoms with van der Waals surface area (Å²) in [6.45, 7) is 7.51. The second-order valence-corrected chi connectivity index (χ2v) is 4.91. The molecule has 96 valence electrons. The fourth-order valence-corrected chi connectivity index (χ4v) is 1.82. The van der Waals surface area contributed by atoms with E-state index in [2.05, 4.69) is 43.4 Å². The molecule has 0 aliphatic heterocycles. The Bertz CT molecular complexity index is 307. The zero-order valence-corrected chi connectivity index (χ0v) is 11.2. The van der Waals surface area contributed by atoms with Crippen LogP contribution in [0.15, 0.2) is 24.3 Å². The summed E-state index contributed by atoms with van der Waals surface area (Å²) in [6, 6.07) is 9.18. The Kier molecular flexibility index (Phi) is 6.23. The van der Waals surface area contributed by atoms with Gasteiger partial charge in [0, 0.05) is 19.2 Å². The number of aliphatic hydroxyl groups is 1. The molecule has 0 aliphatic carbocycles. The highest BCUT2D eigenvalue weighted by atomic mass is 16.3. The molecule has 1 aromatic carbocycles. The molecule has 0 fully saturated rings. The summed E-state index contributed by atoms with van der Waals surface area (Å²) in [5, 5.41) is 12.4. The van der Waals surface area contributed by atoms with Gasteiger partial charge in [0.15, 0.2) is 0 Å². The number of nitrogens with one attached hydrogen (secondary N) is 1. The molecule has 0 spiro atoms. The molecule has 1 aromatic rings. The van der Waals surface area contributed by atoms with Crippen LogP contribution in [0.2, 0.25) is 0 Å². The van der Waals surface area contributed by atoms with Crippen molar-refractivity contribution >= 4 is 0 Å². The molecule has 0 saturated carbocycles. The lowest BCUT2D eigenvalue weighted by Crippen LogP contribution is -2.26. The van der Waals surface area contributed by atoms with Crippen molar-refractivity contribution in [3.63, 3.8) is 0 Å². The van der Waals surface area contributed by atoms with E-state index in [-0.39, 0.29) is 6.61 Å². The highest BCUT2D eigenvalue weighted by Gasteiger charge is 2.06. The van der Waals surface area contributed by atoms with Gasteiger partial charge in [0.25, 0.3) is 0 Å². The average Bonchev–Trinajstić information content (AvgIpc) is 2.36. The first-order valence-corrected chi connectivity index (χ1v) is 6.60. The molecule has 0 amide bonds. The smallest absolute Gasteiger partial charge is 0.0468 e. The molecule has 0 saturated heterocycles. The van der Waals surface area contributed by atoms with E-state index >= 15 is 0 Å². The lowest BCUT2D eigenvalue weighted by Gasteiger charge is -2.17. The van der Waals surface area contributed by atoms with Crippen LogP contribution in [0.4, 0.5) is 0 Å². The standard InChI is InChI=1S/C15H25NO/c1-4-5-14-6-8-15(9-7-14)13(3)16-10-12(2)11-17/h6-9,12-13,16-17H,4-5,10-11H2,1-3H3. The van der Waals surface area contributed by atoms with Crippen LogP contribution in [0.5, 0.6) is 0 Å². The first-order chi connectivity index (χ1) is 8.17. The van der Waals surface area contributed by atoms with Crippen molar-refractivity contribution in [2.45, 2.75) is 39.7 Å². The Morgan fingerprint density at radius 1 is 1.18 bits per heavy atom. The topological polar surface area (TPSA) is 32.3 Å². The van der Waals surface area contributed by atoms with Gasteiger partial charge in [0.1, 0.15) is 0 Å². The lowest BCUT2D eigenvalue weighted by molar-refractivity contribution is 0.231. The summed E-state index contributed by atoms with van der Waals surface area (Å²) in [5.41, 5.74) is 2.72. The van der Waals surface area contributed by atoms with Crippen LogP contribution in [0.1, 0.15) is 44.4 Å². The Balaban J connectivity index is 2.48. The van der Waals surface area contributed by atoms with E-state index in [1.807, 2.05) is 6.92 Å². The van der Waals surface area contributed by atoms with Crippen LogP contribution in [0, 0.1) is 5.92 Å². The average molecular weight is 235 g/mol. The quantitative estimate of drug-likeness (QED) is 0.761. The Morgan fingerprint density at radius 2 is 1.82 bits per heavy atom. The van der Waals surface area contributed by atoms with Gasteiger partial charge in [-0.05, 0) is 30.4 Å².